The van der Waals surface area contributed by atoms with Crippen LogP contribution in [0.15, 0.2) is 11.6 Å². The average molecular weight is 344 g/mol. The molecule has 0 bridgehead atoms. The fraction of sp³-hybridized carbons (Fsp3) is 0.864. The van der Waals surface area contributed by atoms with Crippen LogP contribution in [0.1, 0.15) is 78.1 Å². The molecular formula is C22H32O3. The van der Waals surface area contributed by atoms with Crippen molar-refractivity contribution in [3.05, 3.63) is 11.6 Å². The molecule has 1 spiro atoms. The quantitative estimate of drug-likeness (QED) is 0.524. The Hall–Kier alpha value is -0.830. The molecule has 0 radical (unpaired) electrons. The van der Waals surface area contributed by atoms with Gasteiger partial charge in [-0.3, -0.25) is 4.79 Å². The number of esters is 1. The molecule has 0 amide bonds. The van der Waals surface area contributed by atoms with Gasteiger partial charge in [-0.05, 0) is 81.0 Å². The summed E-state index contributed by atoms with van der Waals surface area (Å²) in [4.78, 5) is 11.9. The van der Waals surface area contributed by atoms with Gasteiger partial charge < -0.3 is 9.84 Å². The summed E-state index contributed by atoms with van der Waals surface area (Å²) >= 11 is 0. The Morgan fingerprint density at radius 1 is 1.00 bits per heavy atom. The summed E-state index contributed by atoms with van der Waals surface area (Å²) in [6.45, 7) is 4.92. The molecule has 1 aliphatic heterocycles. The van der Waals surface area contributed by atoms with Crippen LogP contribution in [0.25, 0.3) is 0 Å². The Kier molecular flexibility index (Phi) is 3.35. The summed E-state index contributed by atoms with van der Waals surface area (Å²) in [5.74, 6) is 2.27. The minimum atomic E-state index is -0.221. The maximum atomic E-state index is 11.9. The van der Waals surface area contributed by atoms with Crippen LogP contribution in [0.4, 0.5) is 0 Å². The Balaban J connectivity index is 1.48. The molecule has 5 rings (SSSR count). The van der Waals surface area contributed by atoms with E-state index in [4.69, 9.17) is 4.74 Å². The third-order valence-electron chi connectivity index (χ3n) is 9.42. The molecule has 0 unspecified atom stereocenters. The molecule has 3 heteroatoms. The molecule has 4 aliphatic carbocycles. The van der Waals surface area contributed by atoms with E-state index in [1.165, 1.54) is 31.3 Å². The van der Waals surface area contributed by atoms with Crippen LogP contribution in [-0.2, 0) is 9.53 Å². The number of aliphatic hydroxyl groups excluding tert-OH is 1. The summed E-state index contributed by atoms with van der Waals surface area (Å²) in [5.41, 5.74) is 1.87. The number of carbonyl (C=O) groups excluding carboxylic acids is 1. The molecule has 138 valence electrons. The van der Waals surface area contributed by atoms with E-state index in [0.717, 1.165) is 43.9 Å². The summed E-state index contributed by atoms with van der Waals surface area (Å²) in [5, 5.41) is 10.1. The average Bonchev–Trinajstić information content (AvgIpc) is 3.10. The topological polar surface area (TPSA) is 46.5 Å². The van der Waals surface area contributed by atoms with Gasteiger partial charge in [-0.15, -0.1) is 0 Å². The highest BCUT2D eigenvalue weighted by Gasteiger charge is 2.66. The summed E-state index contributed by atoms with van der Waals surface area (Å²) in [6, 6.07) is 0. The second kappa shape index (κ2) is 5.12. The van der Waals surface area contributed by atoms with Gasteiger partial charge in [0.2, 0.25) is 0 Å². The predicted octanol–water partition coefficient (Wildman–Crippen LogP) is 4.39. The lowest BCUT2D eigenvalue weighted by Crippen LogP contribution is -2.54. The van der Waals surface area contributed by atoms with Gasteiger partial charge in [0.05, 0.1) is 6.10 Å². The zero-order chi connectivity index (χ0) is 17.4. The summed E-state index contributed by atoms with van der Waals surface area (Å²) in [7, 11) is 0. The molecular weight excluding hydrogens is 312 g/mol. The number of aliphatic hydroxyl groups is 1. The number of allylic oxidation sites excluding steroid dienone is 1. The first-order valence-electron chi connectivity index (χ1n) is 10.5. The van der Waals surface area contributed by atoms with Crippen molar-refractivity contribution in [2.75, 3.05) is 0 Å². The van der Waals surface area contributed by atoms with Crippen LogP contribution in [0.5, 0.6) is 0 Å². The molecule has 7 atom stereocenters. The molecule has 3 nitrogen and oxygen atoms in total. The minimum Gasteiger partial charge on any atom is -0.458 e. The third kappa shape index (κ3) is 1.99. The number of hydrogen-bond donors (Lipinski definition) is 1. The lowest BCUT2D eigenvalue weighted by atomic mass is 9.46. The zero-order valence-electron chi connectivity index (χ0n) is 15.7. The van der Waals surface area contributed by atoms with Gasteiger partial charge in [0.1, 0.15) is 5.60 Å². The predicted molar refractivity (Wildman–Crippen MR) is 95.8 cm³/mol. The van der Waals surface area contributed by atoms with Crippen molar-refractivity contribution in [2.45, 2.75) is 89.8 Å². The van der Waals surface area contributed by atoms with E-state index < -0.39 is 0 Å². The molecule has 1 heterocycles. The molecule has 1 saturated heterocycles. The molecule has 0 aromatic carbocycles. The fourth-order valence-corrected chi connectivity index (χ4v) is 8.00. The number of rotatable bonds is 0. The van der Waals surface area contributed by atoms with Gasteiger partial charge in [-0.2, -0.15) is 0 Å². The molecule has 1 N–H and O–H groups in total. The van der Waals surface area contributed by atoms with Crippen LogP contribution in [0.2, 0.25) is 0 Å². The monoisotopic (exact) mass is 344 g/mol. The van der Waals surface area contributed by atoms with E-state index in [1.54, 1.807) is 0 Å². The lowest BCUT2D eigenvalue weighted by Gasteiger charge is -2.59. The van der Waals surface area contributed by atoms with Crippen LogP contribution in [0.3, 0.4) is 0 Å². The van der Waals surface area contributed by atoms with Crippen molar-refractivity contribution < 1.29 is 14.6 Å². The van der Waals surface area contributed by atoms with E-state index in [9.17, 15) is 9.90 Å². The Bertz CT molecular complexity index is 639. The van der Waals surface area contributed by atoms with E-state index in [0.29, 0.717) is 17.8 Å². The molecule has 0 aromatic rings. The van der Waals surface area contributed by atoms with Gasteiger partial charge in [-0.25, -0.2) is 0 Å². The molecule has 0 aromatic heterocycles. The van der Waals surface area contributed by atoms with Gasteiger partial charge in [0, 0.05) is 11.8 Å². The smallest absolute Gasteiger partial charge is 0.306 e. The van der Waals surface area contributed by atoms with Crippen molar-refractivity contribution in [3.8, 4) is 0 Å². The van der Waals surface area contributed by atoms with Crippen molar-refractivity contribution in [1.82, 2.24) is 0 Å². The van der Waals surface area contributed by atoms with Crippen molar-refractivity contribution in [2.24, 2.45) is 28.6 Å². The first kappa shape index (κ1) is 16.4. The maximum Gasteiger partial charge on any atom is 0.306 e. The third-order valence-corrected chi connectivity index (χ3v) is 9.42. The summed E-state index contributed by atoms with van der Waals surface area (Å²) in [6.07, 6.45) is 12.8. The second-order valence-corrected chi connectivity index (χ2v) is 10.1. The maximum absolute atomic E-state index is 11.9. The number of hydrogen-bond acceptors (Lipinski definition) is 3. The normalized spacial score (nSPS) is 54.5. The Morgan fingerprint density at radius 2 is 1.80 bits per heavy atom. The van der Waals surface area contributed by atoms with Crippen molar-refractivity contribution >= 4 is 5.97 Å². The number of carbonyl (C=O) groups is 1. The standard InChI is InChI=1S/C22H32O3/c1-20-9-5-15(23)13-14(20)3-4-16-17(20)6-10-21(2)18(16)7-11-22(21)12-8-19(24)25-22/h13,15-18,23H,3-12H2,1-2H3/t15-,16+,17+,18+,20-,21-,22+/m0/s1. The van der Waals surface area contributed by atoms with Crippen LogP contribution >= 0.6 is 0 Å². The Labute approximate surface area is 151 Å². The van der Waals surface area contributed by atoms with Gasteiger partial charge in [0.25, 0.3) is 0 Å². The Morgan fingerprint density at radius 3 is 2.56 bits per heavy atom. The molecule has 25 heavy (non-hydrogen) atoms. The van der Waals surface area contributed by atoms with E-state index in [2.05, 4.69) is 19.9 Å². The highest BCUT2D eigenvalue weighted by molar-refractivity contribution is 5.72. The van der Waals surface area contributed by atoms with Gasteiger partial charge in [0.15, 0.2) is 0 Å². The van der Waals surface area contributed by atoms with Crippen molar-refractivity contribution in [3.63, 3.8) is 0 Å². The number of ether oxygens (including phenoxy) is 1. The highest BCUT2D eigenvalue weighted by Crippen LogP contribution is 2.69. The van der Waals surface area contributed by atoms with Crippen LogP contribution in [0, 0.1) is 28.6 Å². The SMILES string of the molecule is C[C@]12CC[C@H](O)C=C1CC[C@@H]1[C@H]2CC[C@@]2(C)[C@@H]1CC[C@@]21CCC(=O)O1. The summed E-state index contributed by atoms with van der Waals surface area (Å²) < 4.78 is 6.02. The lowest BCUT2D eigenvalue weighted by molar-refractivity contribution is -0.168. The number of fused-ring (bicyclic) bond motifs is 6. The first-order valence-corrected chi connectivity index (χ1v) is 10.5. The second-order valence-electron chi connectivity index (χ2n) is 10.1. The highest BCUT2D eigenvalue weighted by atomic mass is 16.6. The van der Waals surface area contributed by atoms with Crippen LogP contribution < -0.4 is 0 Å². The van der Waals surface area contributed by atoms with E-state index >= 15 is 0 Å². The minimum absolute atomic E-state index is 0.0334. The first-order chi connectivity index (χ1) is 11.9. The zero-order valence-corrected chi connectivity index (χ0v) is 15.7. The molecule has 4 fully saturated rings. The van der Waals surface area contributed by atoms with E-state index in [1.807, 2.05) is 0 Å². The van der Waals surface area contributed by atoms with Crippen molar-refractivity contribution in [1.29, 1.82) is 0 Å². The fourth-order valence-electron chi connectivity index (χ4n) is 8.00. The van der Waals surface area contributed by atoms with Gasteiger partial charge >= 0.3 is 5.97 Å². The molecule has 3 saturated carbocycles. The van der Waals surface area contributed by atoms with Crippen LogP contribution in [-0.4, -0.2) is 22.8 Å². The largest absolute Gasteiger partial charge is 0.458 e. The molecule has 5 aliphatic rings. The van der Waals surface area contributed by atoms with E-state index in [-0.39, 0.29) is 23.1 Å². The van der Waals surface area contributed by atoms with Gasteiger partial charge in [-0.1, -0.05) is 25.5 Å².